The first kappa shape index (κ1) is 33.8. The molecule has 0 radical (unpaired) electrons. The standard InChI is InChI=1S/C31H49N3O8/c1-2-3-4-5-6-7-8-9-10-11-12-32-30(35)29-31(36)34-26-24-28-27(23-25(26)33-29)41-21-19-39-17-15-37-13-14-38-16-18-40-20-22-42-28/h23-24H,2-22H2,1H3,(H,32,35)(H,34,36). The van der Waals surface area contributed by atoms with E-state index in [1.54, 1.807) is 12.1 Å². The number of hydrogen-bond donors (Lipinski definition) is 2. The summed E-state index contributed by atoms with van der Waals surface area (Å²) >= 11 is 0. The van der Waals surface area contributed by atoms with Gasteiger partial charge in [-0.25, -0.2) is 4.98 Å². The molecule has 0 atom stereocenters. The lowest BCUT2D eigenvalue weighted by Crippen LogP contribution is -2.31. The van der Waals surface area contributed by atoms with E-state index in [0.29, 0.717) is 81.9 Å². The van der Waals surface area contributed by atoms with Crippen molar-refractivity contribution >= 4 is 16.9 Å². The van der Waals surface area contributed by atoms with Crippen LogP contribution in [0.2, 0.25) is 0 Å². The zero-order chi connectivity index (χ0) is 29.7. The fraction of sp³-hybridized carbons (Fsp3) is 0.710. The van der Waals surface area contributed by atoms with E-state index in [2.05, 4.69) is 22.2 Å². The molecule has 1 aliphatic heterocycles. The number of rotatable bonds is 12. The van der Waals surface area contributed by atoms with E-state index in [9.17, 15) is 9.59 Å². The number of aromatic nitrogens is 2. The average Bonchev–Trinajstić information content (AvgIpc) is 2.99. The van der Waals surface area contributed by atoms with Crippen LogP contribution in [0.15, 0.2) is 16.9 Å². The number of carbonyl (C=O) groups is 1. The van der Waals surface area contributed by atoms with Crippen LogP contribution in [0.1, 0.15) is 81.6 Å². The zero-order valence-corrected chi connectivity index (χ0v) is 25.2. The van der Waals surface area contributed by atoms with E-state index in [1.165, 1.54) is 44.9 Å². The van der Waals surface area contributed by atoms with Gasteiger partial charge in [-0.15, -0.1) is 0 Å². The Morgan fingerprint density at radius 1 is 0.714 bits per heavy atom. The second kappa shape index (κ2) is 21.0. The van der Waals surface area contributed by atoms with E-state index in [1.807, 2.05) is 0 Å². The lowest BCUT2D eigenvalue weighted by molar-refractivity contribution is -0.00840. The van der Waals surface area contributed by atoms with Crippen LogP contribution in [0.3, 0.4) is 0 Å². The van der Waals surface area contributed by atoms with E-state index >= 15 is 0 Å². The highest BCUT2D eigenvalue weighted by Gasteiger charge is 2.16. The Labute approximate surface area is 248 Å². The summed E-state index contributed by atoms with van der Waals surface area (Å²) < 4.78 is 33.9. The average molecular weight is 592 g/mol. The number of carbonyl (C=O) groups excluding carboxylic acids is 1. The molecular weight excluding hydrogens is 542 g/mol. The van der Waals surface area contributed by atoms with Crippen molar-refractivity contribution in [3.05, 3.63) is 28.2 Å². The number of fused-ring (bicyclic) bond motifs is 2. The van der Waals surface area contributed by atoms with Crippen molar-refractivity contribution in [3.8, 4) is 11.5 Å². The van der Waals surface area contributed by atoms with E-state index < -0.39 is 11.5 Å². The van der Waals surface area contributed by atoms with Crippen LogP contribution in [0.4, 0.5) is 0 Å². The summed E-state index contributed by atoms with van der Waals surface area (Å²) in [6.45, 7) is 6.80. The zero-order valence-electron chi connectivity index (χ0n) is 25.2. The van der Waals surface area contributed by atoms with Gasteiger partial charge in [0.25, 0.3) is 11.5 Å². The fourth-order valence-electron chi connectivity index (χ4n) is 4.56. The molecular formula is C31H49N3O8. The van der Waals surface area contributed by atoms with Crippen molar-refractivity contribution in [1.82, 2.24) is 15.3 Å². The molecule has 0 saturated heterocycles. The molecule has 11 nitrogen and oxygen atoms in total. The van der Waals surface area contributed by atoms with Crippen LogP contribution in [0.25, 0.3) is 11.0 Å². The summed E-state index contributed by atoms with van der Waals surface area (Å²) in [6, 6.07) is 3.32. The summed E-state index contributed by atoms with van der Waals surface area (Å²) in [6.07, 6.45) is 12.2. The van der Waals surface area contributed by atoms with Crippen molar-refractivity contribution in [2.24, 2.45) is 0 Å². The molecule has 2 N–H and O–H groups in total. The molecule has 0 saturated carbocycles. The number of nitrogens with one attached hydrogen (secondary N) is 2. The van der Waals surface area contributed by atoms with Gasteiger partial charge in [0.2, 0.25) is 0 Å². The highest BCUT2D eigenvalue weighted by atomic mass is 16.6. The molecule has 2 heterocycles. The molecule has 1 aromatic carbocycles. The van der Waals surface area contributed by atoms with Crippen molar-refractivity contribution in [1.29, 1.82) is 0 Å². The van der Waals surface area contributed by atoms with Crippen LogP contribution in [-0.4, -0.2) is 88.5 Å². The topological polar surface area (TPSA) is 130 Å². The number of unbranched alkanes of at least 4 members (excludes halogenated alkanes) is 9. The van der Waals surface area contributed by atoms with Crippen LogP contribution in [0.5, 0.6) is 11.5 Å². The van der Waals surface area contributed by atoms with Gasteiger partial charge in [0.15, 0.2) is 17.2 Å². The highest BCUT2D eigenvalue weighted by molar-refractivity contribution is 5.94. The molecule has 1 amide bonds. The smallest absolute Gasteiger partial charge is 0.280 e. The van der Waals surface area contributed by atoms with Crippen molar-refractivity contribution in [3.63, 3.8) is 0 Å². The summed E-state index contributed by atoms with van der Waals surface area (Å²) in [5.74, 6) is 0.382. The van der Waals surface area contributed by atoms with Gasteiger partial charge in [-0.2, -0.15) is 0 Å². The Morgan fingerprint density at radius 3 is 1.74 bits per heavy atom. The number of hydrogen-bond acceptors (Lipinski definition) is 9. The third-order valence-electron chi connectivity index (χ3n) is 6.88. The quantitative estimate of drug-likeness (QED) is 0.345. The summed E-state index contributed by atoms with van der Waals surface area (Å²) in [7, 11) is 0. The minimum absolute atomic E-state index is 0.172. The minimum Gasteiger partial charge on any atom is -0.487 e. The first-order valence-corrected chi connectivity index (χ1v) is 15.6. The molecule has 0 unspecified atom stereocenters. The van der Waals surface area contributed by atoms with Gasteiger partial charge < -0.3 is 38.7 Å². The maximum Gasteiger partial charge on any atom is 0.280 e. The highest BCUT2D eigenvalue weighted by Crippen LogP contribution is 2.31. The van der Waals surface area contributed by atoms with E-state index in [4.69, 9.17) is 28.4 Å². The predicted molar refractivity (Wildman–Crippen MR) is 161 cm³/mol. The minimum atomic E-state index is -0.553. The van der Waals surface area contributed by atoms with Gasteiger partial charge in [-0.05, 0) is 6.42 Å². The molecule has 0 fully saturated rings. The third kappa shape index (κ3) is 13.1. The maximum atomic E-state index is 12.8. The van der Waals surface area contributed by atoms with E-state index in [-0.39, 0.29) is 18.9 Å². The molecule has 0 aliphatic carbocycles. The molecule has 1 aromatic heterocycles. The Bertz CT molecular complexity index is 1090. The van der Waals surface area contributed by atoms with Gasteiger partial charge in [0, 0.05) is 18.7 Å². The molecule has 3 rings (SSSR count). The fourth-order valence-corrected chi connectivity index (χ4v) is 4.56. The molecule has 0 spiro atoms. The van der Waals surface area contributed by atoms with Gasteiger partial charge in [-0.1, -0.05) is 64.7 Å². The first-order valence-electron chi connectivity index (χ1n) is 15.6. The molecule has 1 aliphatic rings. The van der Waals surface area contributed by atoms with Crippen LogP contribution in [0, 0.1) is 0 Å². The largest absolute Gasteiger partial charge is 0.487 e. The SMILES string of the molecule is CCCCCCCCCCCCNC(=O)c1nc2cc3c(cc2[nH]c1=O)OCCOCCOCCOCCOCCO3. The summed E-state index contributed by atoms with van der Waals surface area (Å²) in [5.41, 5.74) is 0.141. The van der Waals surface area contributed by atoms with Crippen LogP contribution in [-0.2, 0) is 18.9 Å². The maximum absolute atomic E-state index is 12.8. The molecule has 11 heteroatoms. The van der Waals surface area contributed by atoms with Crippen LogP contribution >= 0.6 is 0 Å². The third-order valence-corrected chi connectivity index (χ3v) is 6.88. The number of H-pyrrole nitrogens is 1. The Kier molecular flexibility index (Phi) is 16.9. The summed E-state index contributed by atoms with van der Waals surface area (Å²) in [5, 5.41) is 2.84. The molecule has 2 aromatic rings. The molecule has 0 bridgehead atoms. The van der Waals surface area contributed by atoms with Crippen LogP contribution < -0.4 is 20.3 Å². The predicted octanol–water partition coefficient (Wildman–Crippen LogP) is 4.41. The molecule has 236 valence electrons. The second-order valence-corrected chi connectivity index (χ2v) is 10.3. The first-order chi connectivity index (χ1) is 20.7. The second-order valence-electron chi connectivity index (χ2n) is 10.3. The number of nitrogens with zero attached hydrogens (tertiary/aromatic N) is 1. The lowest BCUT2D eigenvalue weighted by atomic mass is 10.1. The van der Waals surface area contributed by atoms with Crippen molar-refractivity contribution in [2.45, 2.75) is 71.1 Å². The van der Waals surface area contributed by atoms with Crippen molar-refractivity contribution in [2.75, 3.05) is 72.6 Å². The summed E-state index contributed by atoms with van der Waals surface area (Å²) in [4.78, 5) is 32.6. The molecule has 42 heavy (non-hydrogen) atoms. The van der Waals surface area contributed by atoms with Gasteiger partial charge >= 0.3 is 0 Å². The number of amides is 1. The Hall–Kier alpha value is -2.73. The van der Waals surface area contributed by atoms with Crippen molar-refractivity contribution < 1.29 is 33.2 Å². The monoisotopic (exact) mass is 591 g/mol. The van der Waals surface area contributed by atoms with Gasteiger partial charge in [-0.3, -0.25) is 9.59 Å². The van der Waals surface area contributed by atoms with E-state index in [0.717, 1.165) is 19.3 Å². The lowest BCUT2D eigenvalue weighted by Gasteiger charge is -2.15. The Morgan fingerprint density at radius 2 is 1.19 bits per heavy atom. The normalized spacial score (nSPS) is 16.0. The number of aromatic amines is 1. The number of ether oxygens (including phenoxy) is 6. The number of benzene rings is 1. The van der Waals surface area contributed by atoms with Gasteiger partial charge in [0.05, 0.1) is 63.9 Å². The van der Waals surface area contributed by atoms with Gasteiger partial charge in [0.1, 0.15) is 13.2 Å². The Balaban J connectivity index is 1.54.